The third-order valence-corrected chi connectivity index (χ3v) is 1.91. The number of rotatable bonds is 3. The number of nitrogen functional groups attached to an aromatic ring is 1. The number of nitro groups is 1. The van der Waals surface area contributed by atoms with Crippen molar-refractivity contribution in [3.8, 4) is 0 Å². The summed E-state index contributed by atoms with van der Waals surface area (Å²) in [6.07, 6.45) is 0. The molecule has 0 aromatic heterocycles. The highest BCUT2D eigenvalue weighted by Gasteiger charge is 2.17. The molecule has 6 heteroatoms. The summed E-state index contributed by atoms with van der Waals surface area (Å²) in [5.74, 6) is 0. The average molecular weight is 197 g/mol. The van der Waals surface area contributed by atoms with Crippen LogP contribution in [0.2, 0.25) is 0 Å². The zero-order valence-corrected chi connectivity index (χ0v) is 7.38. The van der Waals surface area contributed by atoms with Crippen LogP contribution in [0.4, 0.5) is 11.4 Å². The molecule has 0 aliphatic rings. The van der Waals surface area contributed by atoms with Crippen LogP contribution in [0.5, 0.6) is 0 Å². The predicted octanol–water partition coefficient (Wildman–Crippen LogP) is 0.169. The van der Waals surface area contributed by atoms with Crippen LogP contribution in [0.1, 0.15) is 11.6 Å². The lowest BCUT2D eigenvalue weighted by molar-refractivity contribution is -0.384. The van der Waals surface area contributed by atoms with Gasteiger partial charge >= 0.3 is 0 Å². The Labute approximate surface area is 80.3 Å². The molecule has 1 rings (SSSR count). The zero-order chi connectivity index (χ0) is 10.7. The molecule has 0 aliphatic heterocycles. The Morgan fingerprint density at radius 1 is 1.57 bits per heavy atom. The van der Waals surface area contributed by atoms with E-state index in [-0.39, 0.29) is 18.0 Å². The molecule has 0 spiro atoms. The third-order valence-electron chi connectivity index (χ3n) is 1.91. The number of aliphatic hydroxyl groups is 1. The van der Waals surface area contributed by atoms with Gasteiger partial charge in [-0.05, 0) is 0 Å². The van der Waals surface area contributed by atoms with Crippen LogP contribution < -0.4 is 11.5 Å². The van der Waals surface area contributed by atoms with Crippen molar-refractivity contribution in [1.29, 1.82) is 0 Å². The second-order valence-electron chi connectivity index (χ2n) is 2.83. The quantitative estimate of drug-likeness (QED) is 0.363. The summed E-state index contributed by atoms with van der Waals surface area (Å²) in [4.78, 5) is 9.93. The van der Waals surface area contributed by atoms with Crippen LogP contribution in [0.15, 0.2) is 18.2 Å². The monoisotopic (exact) mass is 197 g/mol. The normalized spacial score (nSPS) is 12.4. The second-order valence-corrected chi connectivity index (χ2v) is 2.83. The Balaban J connectivity index is 3.20. The summed E-state index contributed by atoms with van der Waals surface area (Å²) in [5.41, 5.74) is 11.3. The molecule has 0 saturated heterocycles. The van der Waals surface area contributed by atoms with Crippen molar-refractivity contribution in [2.45, 2.75) is 6.04 Å². The van der Waals surface area contributed by atoms with Gasteiger partial charge in [0.1, 0.15) is 5.69 Å². The number of para-hydroxylation sites is 1. The maximum absolute atomic E-state index is 10.5. The summed E-state index contributed by atoms with van der Waals surface area (Å²) in [7, 11) is 0. The van der Waals surface area contributed by atoms with Crippen molar-refractivity contribution in [3.05, 3.63) is 33.9 Å². The third kappa shape index (κ3) is 1.81. The lowest BCUT2D eigenvalue weighted by Crippen LogP contribution is -2.16. The fourth-order valence-corrected chi connectivity index (χ4v) is 1.15. The number of nitrogens with two attached hydrogens (primary N) is 2. The number of hydrogen-bond donors (Lipinski definition) is 3. The molecule has 76 valence electrons. The second kappa shape index (κ2) is 4.03. The molecule has 0 fully saturated rings. The first-order valence-corrected chi connectivity index (χ1v) is 3.97. The number of hydrogen-bond acceptors (Lipinski definition) is 5. The van der Waals surface area contributed by atoms with Crippen LogP contribution in [0, 0.1) is 10.1 Å². The summed E-state index contributed by atoms with van der Waals surface area (Å²) in [6.45, 7) is -0.300. The minimum Gasteiger partial charge on any atom is -0.394 e. The SMILES string of the molecule is Nc1c(C(N)CO)cccc1[N+](=O)[O-]. The van der Waals surface area contributed by atoms with Gasteiger partial charge in [0.25, 0.3) is 5.69 Å². The molecule has 0 radical (unpaired) electrons. The molecule has 6 nitrogen and oxygen atoms in total. The Hall–Kier alpha value is -1.66. The molecule has 0 aliphatic carbocycles. The minimum atomic E-state index is -0.685. The first kappa shape index (κ1) is 10.4. The summed E-state index contributed by atoms with van der Waals surface area (Å²) in [5, 5.41) is 19.3. The van der Waals surface area contributed by atoms with E-state index in [1.54, 1.807) is 6.07 Å². The van der Waals surface area contributed by atoms with E-state index in [1.807, 2.05) is 0 Å². The summed E-state index contributed by atoms with van der Waals surface area (Å²) < 4.78 is 0. The first-order chi connectivity index (χ1) is 6.57. The molecular weight excluding hydrogens is 186 g/mol. The van der Waals surface area contributed by atoms with Crippen molar-refractivity contribution >= 4 is 11.4 Å². The summed E-state index contributed by atoms with van der Waals surface area (Å²) in [6, 6.07) is 3.65. The summed E-state index contributed by atoms with van der Waals surface area (Å²) >= 11 is 0. The van der Waals surface area contributed by atoms with E-state index in [0.717, 1.165) is 0 Å². The maximum atomic E-state index is 10.5. The first-order valence-electron chi connectivity index (χ1n) is 3.97. The molecular formula is C8H11N3O3. The van der Waals surface area contributed by atoms with Gasteiger partial charge in [0, 0.05) is 11.6 Å². The number of nitro benzene ring substituents is 1. The Kier molecular flexibility index (Phi) is 3.00. The molecule has 0 saturated carbocycles. The standard InChI is InChI=1S/C8H11N3O3/c9-6(4-12)5-2-1-3-7(8(5)10)11(13)14/h1-3,6,12H,4,9-10H2. The Morgan fingerprint density at radius 2 is 2.21 bits per heavy atom. The predicted molar refractivity (Wildman–Crippen MR) is 51.5 cm³/mol. The van der Waals surface area contributed by atoms with E-state index in [4.69, 9.17) is 16.6 Å². The molecule has 0 amide bonds. The highest BCUT2D eigenvalue weighted by Crippen LogP contribution is 2.27. The topological polar surface area (TPSA) is 115 Å². The fourth-order valence-electron chi connectivity index (χ4n) is 1.15. The molecule has 0 heterocycles. The van der Waals surface area contributed by atoms with Gasteiger partial charge < -0.3 is 16.6 Å². The van der Waals surface area contributed by atoms with E-state index in [9.17, 15) is 10.1 Å². The van der Waals surface area contributed by atoms with Gasteiger partial charge in [-0.2, -0.15) is 0 Å². The molecule has 1 aromatic carbocycles. The Bertz CT molecular complexity index is 354. The van der Waals surface area contributed by atoms with E-state index in [2.05, 4.69) is 0 Å². The van der Waals surface area contributed by atoms with Crippen molar-refractivity contribution < 1.29 is 10.0 Å². The van der Waals surface area contributed by atoms with Gasteiger partial charge in [-0.15, -0.1) is 0 Å². The van der Waals surface area contributed by atoms with Crippen molar-refractivity contribution in [2.24, 2.45) is 5.73 Å². The fraction of sp³-hybridized carbons (Fsp3) is 0.250. The van der Waals surface area contributed by atoms with Gasteiger partial charge in [-0.1, -0.05) is 12.1 Å². The number of nitrogens with zero attached hydrogens (tertiary/aromatic N) is 1. The van der Waals surface area contributed by atoms with E-state index in [1.165, 1.54) is 12.1 Å². The largest absolute Gasteiger partial charge is 0.394 e. The van der Waals surface area contributed by atoms with Crippen molar-refractivity contribution in [1.82, 2.24) is 0 Å². The highest BCUT2D eigenvalue weighted by molar-refractivity contribution is 5.63. The molecule has 0 bridgehead atoms. The van der Waals surface area contributed by atoms with Gasteiger partial charge in [0.2, 0.25) is 0 Å². The average Bonchev–Trinajstić information content (AvgIpc) is 2.16. The van der Waals surface area contributed by atoms with Gasteiger partial charge in [-0.25, -0.2) is 0 Å². The molecule has 1 aromatic rings. The van der Waals surface area contributed by atoms with Crippen LogP contribution in [-0.2, 0) is 0 Å². The molecule has 1 unspecified atom stereocenters. The Morgan fingerprint density at radius 3 is 2.71 bits per heavy atom. The maximum Gasteiger partial charge on any atom is 0.292 e. The van der Waals surface area contributed by atoms with E-state index >= 15 is 0 Å². The molecule has 1 atom stereocenters. The molecule has 14 heavy (non-hydrogen) atoms. The van der Waals surface area contributed by atoms with E-state index < -0.39 is 11.0 Å². The van der Waals surface area contributed by atoms with Crippen LogP contribution in [0.25, 0.3) is 0 Å². The van der Waals surface area contributed by atoms with Crippen LogP contribution in [0.3, 0.4) is 0 Å². The van der Waals surface area contributed by atoms with E-state index in [0.29, 0.717) is 5.56 Å². The van der Waals surface area contributed by atoms with Crippen LogP contribution in [-0.4, -0.2) is 16.6 Å². The van der Waals surface area contributed by atoms with Gasteiger partial charge in [0.05, 0.1) is 17.6 Å². The number of anilines is 1. The van der Waals surface area contributed by atoms with Crippen LogP contribution >= 0.6 is 0 Å². The highest BCUT2D eigenvalue weighted by atomic mass is 16.6. The smallest absolute Gasteiger partial charge is 0.292 e. The van der Waals surface area contributed by atoms with Gasteiger partial charge in [0.15, 0.2) is 0 Å². The minimum absolute atomic E-state index is 0.0130. The van der Waals surface area contributed by atoms with Gasteiger partial charge in [-0.3, -0.25) is 10.1 Å². The number of aliphatic hydroxyl groups excluding tert-OH is 1. The lowest BCUT2D eigenvalue weighted by Gasteiger charge is -2.10. The van der Waals surface area contributed by atoms with Crippen molar-refractivity contribution in [3.63, 3.8) is 0 Å². The lowest BCUT2D eigenvalue weighted by atomic mass is 10.1. The molecule has 5 N–H and O–H groups in total. The number of benzene rings is 1. The van der Waals surface area contributed by atoms with Crippen molar-refractivity contribution in [2.75, 3.05) is 12.3 Å². The zero-order valence-electron chi connectivity index (χ0n) is 7.38.